The van der Waals surface area contributed by atoms with Gasteiger partial charge in [0.15, 0.2) is 0 Å². The molecule has 1 saturated heterocycles. The van der Waals surface area contributed by atoms with Crippen molar-refractivity contribution in [2.45, 2.75) is 13.5 Å². The highest BCUT2D eigenvalue weighted by atomic mass is 19.1. The van der Waals surface area contributed by atoms with E-state index in [1.807, 2.05) is 17.0 Å². The minimum atomic E-state index is -0.653. The van der Waals surface area contributed by atoms with Gasteiger partial charge in [0, 0.05) is 39.8 Å². The third kappa shape index (κ3) is 4.18. The number of terminal acetylenes is 1. The Balaban J connectivity index is 1.47. The van der Waals surface area contributed by atoms with Crippen molar-refractivity contribution in [1.82, 2.24) is 25.2 Å². The molecule has 1 amide bonds. The largest absolute Gasteiger partial charge is 0.365 e. The van der Waals surface area contributed by atoms with Crippen LogP contribution < -0.4 is 15.8 Å². The smallest absolute Gasteiger partial charge is 0.269 e. The summed E-state index contributed by atoms with van der Waals surface area (Å²) in [7, 11) is 1.48. The van der Waals surface area contributed by atoms with E-state index in [-0.39, 0.29) is 11.3 Å². The molecule has 0 bridgehead atoms. The molecule has 0 radical (unpaired) electrons. The second kappa shape index (κ2) is 8.77. The normalized spacial score (nSPS) is 14.4. The second-order valence-electron chi connectivity index (χ2n) is 7.68. The van der Waals surface area contributed by atoms with Crippen molar-refractivity contribution < 1.29 is 9.18 Å². The first-order chi connectivity index (χ1) is 15.4. The molecule has 0 unspecified atom stereocenters. The van der Waals surface area contributed by atoms with Gasteiger partial charge < -0.3 is 15.2 Å². The van der Waals surface area contributed by atoms with E-state index in [0.717, 1.165) is 5.56 Å². The van der Waals surface area contributed by atoms with E-state index < -0.39 is 11.9 Å². The predicted octanol–water partition coefficient (Wildman–Crippen LogP) is 1.43. The number of carbonyl (C=O) groups excluding carboxylic acids is 1. The number of carbonyl (C=O) groups is 1. The molecule has 1 fully saturated rings. The molecule has 2 aromatic heterocycles. The SMILES string of the molecule is C#Cc1cc(CN2CCN(c3ccc(C(=O)NC)nc3F)CC2)cc2[nH]c(=O)c(C)nc12. The summed E-state index contributed by atoms with van der Waals surface area (Å²) in [6, 6.07) is 6.94. The van der Waals surface area contributed by atoms with Gasteiger partial charge in [-0.05, 0) is 36.8 Å². The Morgan fingerprint density at radius 1 is 1.25 bits per heavy atom. The highest BCUT2D eigenvalue weighted by Crippen LogP contribution is 2.22. The monoisotopic (exact) mass is 434 g/mol. The number of hydrogen-bond donors (Lipinski definition) is 2. The molecule has 1 aliphatic heterocycles. The van der Waals surface area contributed by atoms with Crippen LogP contribution in [0.1, 0.15) is 27.3 Å². The number of nitrogens with one attached hydrogen (secondary N) is 2. The fourth-order valence-corrected chi connectivity index (χ4v) is 3.86. The number of aromatic amines is 1. The van der Waals surface area contributed by atoms with E-state index in [1.54, 1.807) is 13.0 Å². The minimum Gasteiger partial charge on any atom is -0.365 e. The van der Waals surface area contributed by atoms with Crippen LogP contribution in [0, 0.1) is 25.2 Å². The lowest BCUT2D eigenvalue weighted by Gasteiger charge is -2.36. The van der Waals surface area contributed by atoms with Gasteiger partial charge >= 0.3 is 0 Å². The molecule has 32 heavy (non-hydrogen) atoms. The standard InChI is InChI=1S/C23H23FN6O2/c1-4-16-11-15(12-18-20(16)26-14(2)22(31)28-18)13-29-7-9-30(10-8-29)19-6-5-17(23(32)25-3)27-21(19)24/h1,5-6,11-12H,7-10,13H2,2-3H3,(H,25,32)(H,28,31). The number of nitrogens with zero attached hydrogens (tertiary/aromatic N) is 4. The Bertz CT molecular complexity index is 1290. The Labute approximate surface area is 184 Å². The van der Waals surface area contributed by atoms with Gasteiger partial charge in [-0.2, -0.15) is 4.39 Å². The number of anilines is 1. The third-order valence-electron chi connectivity index (χ3n) is 5.59. The summed E-state index contributed by atoms with van der Waals surface area (Å²) >= 11 is 0. The zero-order valence-electron chi connectivity index (χ0n) is 17.9. The summed E-state index contributed by atoms with van der Waals surface area (Å²) in [5.41, 5.74) is 3.43. The highest BCUT2D eigenvalue weighted by Gasteiger charge is 2.21. The molecule has 1 aromatic carbocycles. The zero-order valence-corrected chi connectivity index (χ0v) is 17.9. The summed E-state index contributed by atoms with van der Waals surface area (Å²) in [5, 5.41) is 2.44. The lowest BCUT2D eigenvalue weighted by molar-refractivity contribution is 0.0957. The van der Waals surface area contributed by atoms with Crippen molar-refractivity contribution in [3.63, 3.8) is 0 Å². The Hall–Kier alpha value is -3.77. The first kappa shape index (κ1) is 21.5. The van der Waals surface area contributed by atoms with Gasteiger partial charge in [0.1, 0.15) is 16.9 Å². The number of fused-ring (bicyclic) bond motifs is 1. The fraction of sp³-hybridized carbons (Fsp3) is 0.304. The third-order valence-corrected chi connectivity index (χ3v) is 5.59. The molecule has 2 N–H and O–H groups in total. The van der Waals surface area contributed by atoms with Crippen molar-refractivity contribution in [2.75, 3.05) is 38.1 Å². The number of aromatic nitrogens is 3. The molecule has 3 heterocycles. The van der Waals surface area contributed by atoms with Crippen molar-refractivity contribution in [1.29, 1.82) is 0 Å². The molecule has 9 heteroatoms. The van der Waals surface area contributed by atoms with E-state index >= 15 is 0 Å². The molecule has 3 aromatic rings. The van der Waals surface area contributed by atoms with Crippen LogP contribution in [0.3, 0.4) is 0 Å². The van der Waals surface area contributed by atoms with E-state index in [1.165, 1.54) is 13.1 Å². The summed E-state index contributed by atoms with van der Waals surface area (Å²) in [6.07, 6.45) is 5.67. The topological polar surface area (TPSA) is 94.2 Å². The number of H-pyrrole nitrogens is 1. The van der Waals surface area contributed by atoms with Gasteiger partial charge in [0.05, 0.1) is 16.8 Å². The molecular weight excluding hydrogens is 411 g/mol. The number of aryl methyl sites for hydroxylation is 1. The Morgan fingerprint density at radius 2 is 2.00 bits per heavy atom. The van der Waals surface area contributed by atoms with Gasteiger partial charge in [-0.15, -0.1) is 6.42 Å². The second-order valence-corrected chi connectivity index (χ2v) is 7.68. The average molecular weight is 434 g/mol. The highest BCUT2D eigenvalue weighted by molar-refractivity contribution is 5.92. The number of amides is 1. The van der Waals surface area contributed by atoms with Crippen molar-refractivity contribution in [3.8, 4) is 12.3 Å². The fourth-order valence-electron chi connectivity index (χ4n) is 3.86. The molecule has 4 rings (SSSR count). The molecule has 0 spiro atoms. The first-order valence-electron chi connectivity index (χ1n) is 10.3. The quantitative estimate of drug-likeness (QED) is 0.477. The molecule has 0 atom stereocenters. The van der Waals surface area contributed by atoms with Crippen LogP contribution >= 0.6 is 0 Å². The van der Waals surface area contributed by atoms with Crippen LogP contribution in [-0.2, 0) is 6.54 Å². The van der Waals surface area contributed by atoms with Crippen LogP contribution in [-0.4, -0.2) is 59.0 Å². The molecule has 0 saturated carbocycles. The predicted molar refractivity (Wildman–Crippen MR) is 120 cm³/mol. The summed E-state index contributed by atoms with van der Waals surface area (Å²) in [5.74, 6) is 1.58. The van der Waals surface area contributed by atoms with Crippen LogP contribution in [0.5, 0.6) is 0 Å². The molecule has 164 valence electrons. The summed E-state index contributed by atoms with van der Waals surface area (Å²) < 4.78 is 14.5. The minimum absolute atomic E-state index is 0.0516. The van der Waals surface area contributed by atoms with E-state index in [0.29, 0.717) is 60.7 Å². The number of piperazine rings is 1. The van der Waals surface area contributed by atoms with Crippen LogP contribution in [0.2, 0.25) is 0 Å². The maximum Gasteiger partial charge on any atom is 0.269 e. The maximum atomic E-state index is 14.5. The molecule has 1 aliphatic rings. The first-order valence-corrected chi connectivity index (χ1v) is 10.3. The lowest BCUT2D eigenvalue weighted by atomic mass is 10.1. The van der Waals surface area contributed by atoms with E-state index in [9.17, 15) is 14.0 Å². The van der Waals surface area contributed by atoms with Gasteiger partial charge in [-0.1, -0.05) is 5.92 Å². The number of pyridine rings is 1. The van der Waals surface area contributed by atoms with Crippen molar-refractivity contribution >= 4 is 22.6 Å². The summed E-state index contributed by atoms with van der Waals surface area (Å²) in [4.78, 5) is 38.7. The molecular formula is C23H23FN6O2. The number of benzene rings is 1. The van der Waals surface area contributed by atoms with Gasteiger partial charge in [0.2, 0.25) is 5.95 Å². The Kier molecular flexibility index (Phi) is 5.88. The van der Waals surface area contributed by atoms with Gasteiger partial charge in [-0.3, -0.25) is 14.5 Å². The maximum absolute atomic E-state index is 14.5. The van der Waals surface area contributed by atoms with Crippen LogP contribution in [0.25, 0.3) is 11.0 Å². The number of halogens is 1. The van der Waals surface area contributed by atoms with E-state index in [4.69, 9.17) is 6.42 Å². The summed E-state index contributed by atoms with van der Waals surface area (Å²) in [6.45, 7) is 4.95. The van der Waals surface area contributed by atoms with Gasteiger partial charge in [-0.25, -0.2) is 9.97 Å². The zero-order chi connectivity index (χ0) is 22.8. The molecule has 0 aliphatic carbocycles. The van der Waals surface area contributed by atoms with Crippen molar-refractivity contribution in [2.24, 2.45) is 0 Å². The van der Waals surface area contributed by atoms with E-state index in [2.05, 4.69) is 31.1 Å². The van der Waals surface area contributed by atoms with Crippen molar-refractivity contribution in [3.05, 3.63) is 63.1 Å². The average Bonchev–Trinajstić information content (AvgIpc) is 2.79. The van der Waals surface area contributed by atoms with Crippen LogP contribution in [0.15, 0.2) is 29.1 Å². The number of hydrogen-bond acceptors (Lipinski definition) is 6. The van der Waals surface area contributed by atoms with Crippen LogP contribution in [0.4, 0.5) is 10.1 Å². The lowest BCUT2D eigenvalue weighted by Crippen LogP contribution is -2.46. The Morgan fingerprint density at radius 3 is 2.66 bits per heavy atom. The van der Waals surface area contributed by atoms with Gasteiger partial charge in [0.25, 0.3) is 11.5 Å². The molecule has 8 nitrogen and oxygen atoms in total. The number of rotatable bonds is 4.